The number of hydrogen-bond acceptors (Lipinski definition) is 3. The molecule has 0 spiro atoms. The smallest absolute Gasteiger partial charge is 0.298 e. The normalized spacial score (nSPS) is 9.18. The van der Waals surface area contributed by atoms with E-state index in [1.165, 1.54) is 0 Å². The van der Waals surface area contributed by atoms with E-state index < -0.39 is 0 Å². The molecule has 0 aliphatic carbocycles. The maximum Gasteiger partial charge on any atom is 0.298 e. The van der Waals surface area contributed by atoms with Gasteiger partial charge in [-0.1, -0.05) is 0 Å². The molecule has 0 radical (unpaired) electrons. The van der Waals surface area contributed by atoms with E-state index in [-0.39, 0.29) is 0 Å². The fraction of sp³-hybridized carbons (Fsp3) is 0.125. The Hall–Kier alpha value is -1.51. The van der Waals surface area contributed by atoms with Crippen LogP contribution < -0.4 is 10.5 Å². The van der Waals surface area contributed by atoms with Crippen LogP contribution in [0, 0.1) is 6.92 Å². The molecular weight excluding hydrogens is 142 g/mol. The van der Waals surface area contributed by atoms with Crippen molar-refractivity contribution in [3.8, 4) is 5.75 Å². The van der Waals surface area contributed by atoms with E-state index in [1.54, 1.807) is 18.2 Å². The lowest BCUT2D eigenvalue weighted by molar-refractivity contribution is -0.120. The van der Waals surface area contributed by atoms with E-state index in [0.717, 1.165) is 5.56 Å². The number of carbonyl (C=O) groups excluding carboxylic acids is 1. The number of nitrogens with two attached hydrogens (primary N) is 1. The van der Waals surface area contributed by atoms with Gasteiger partial charge in [-0.25, -0.2) is 0 Å². The second-order valence-electron chi connectivity index (χ2n) is 2.23. The zero-order valence-corrected chi connectivity index (χ0v) is 6.20. The highest BCUT2D eigenvalue weighted by Gasteiger charge is 1.95. The third kappa shape index (κ3) is 1.70. The standard InChI is InChI=1S/C8H9NO2/c1-6-4-7(11-5-10)2-3-8(6)9/h2-5H,9H2,1H3. The predicted octanol–water partition coefficient (Wildman–Crippen LogP) is 1.11. The van der Waals surface area contributed by atoms with Crippen molar-refractivity contribution in [3.05, 3.63) is 23.8 Å². The van der Waals surface area contributed by atoms with Gasteiger partial charge >= 0.3 is 0 Å². The molecule has 0 aliphatic rings. The van der Waals surface area contributed by atoms with Crippen LogP contribution in [0.3, 0.4) is 0 Å². The van der Waals surface area contributed by atoms with Crippen LogP contribution in [0.5, 0.6) is 5.75 Å². The zero-order valence-electron chi connectivity index (χ0n) is 6.20. The van der Waals surface area contributed by atoms with Crippen molar-refractivity contribution in [1.82, 2.24) is 0 Å². The lowest BCUT2D eigenvalue weighted by Gasteiger charge is -2.01. The zero-order chi connectivity index (χ0) is 8.27. The number of hydrogen-bond donors (Lipinski definition) is 1. The summed E-state index contributed by atoms with van der Waals surface area (Å²) in [6.45, 7) is 2.25. The number of rotatable bonds is 2. The van der Waals surface area contributed by atoms with E-state index in [2.05, 4.69) is 4.74 Å². The fourth-order valence-corrected chi connectivity index (χ4v) is 0.777. The number of aryl methyl sites for hydroxylation is 1. The molecule has 0 bridgehead atoms. The first-order valence-electron chi connectivity index (χ1n) is 3.20. The van der Waals surface area contributed by atoms with Gasteiger partial charge in [0.25, 0.3) is 6.47 Å². The van der Waals surface area contributed by atoms with E-state index in [1.807, 2.05) is 6.92 Å². The first-order chi connectivity index (χ1) is 5.24. The van der Waals surface area contributed by atoms with Crippen molar-refractivity contribution in [2.45, 2.75) is 6.92 Å². The number of carbonyl (C=O) groups is 1. The maximum absolute atomic E-state index is 9.92. The molecule has 0 heterocycles. The second kappa shape index (κ2) is 3.05. The average Bonchev–Trinajstić information content (AvgIpc) is 1.98. The Kier molecular flexibility index (Phi) is 2.11. The van der Waals surface area contributed by atoms with Gasteiger partial charge in [-0.3, -0.25) is 4.79 Å². The third-order valence-electron chi connectivity index (χ3n) is 1.43. The minimum Gasteiger partial charge on any atom is -0.429 e. The van der Waals surface area contributed by atoms with Crippen molar-refractivity contribution in [1.29, 1.82) is 0 Å². The minimum atomic E-state index is 0.394. The average molecular weight is 151 g/mol. The largest absolute Gasteiger partial charge is 0.429 e. The molecule has 3 heteroatoms. The Morgan fingerprint density at radius 3 is 2.82 bits per heavy atom. The number of ether oxygens (including phenoxy) is 1. The van der Waals surface area contributed by atoms with Crippen molar-refractivity contribution < 1.29 is 9.53 Å². The van der Waals surface area contributed by atoms with Gasteiger partial charge in [-0.15, -0.1) is 0 Å². The highest BCUT2D eigenvalue weighted by Crippen LogP contribution is 2.17. The topological polar surface area (TPSA) is 52.3 Å². The molecule has 1 aromatic carbocycles. The number of benzene rings is 1. The Balaban J connectivity index is 2.95. The van der Waals surface area contributed by atoms with Gasteiger partial charge in [0.2, 0.25) is 0 Å². The molecule has 0 amide bonds. The molecule has 2 N–H and O–H groups in total. The van der Waals surface area contributed by atoms with Gasteiger partial charge in [0, 0.05) is 5.69 Å². The van der Waals surface area contributed by atoms with Crippen molar-refractivity contribution >= 4 is 12.2 Å². The molecular formula is C8H9NO2. The number of nitrogen functional groups attached to an aromatic ring is 1. The van der Waals surface area contributed by atoms with Crippen LogP contribution in [-0.4, -0.2) is 6.47 Å². The molecule has 58 valence electrons. The van der Waals surface area contributed by atoms with Gasteiger partial charge in [0.05, 0.1) is 0 Å². The maximum atomic E-state index is 9.92. The summed E-state index contributed by atoms with van der Waals surface area (Å²) in [7, 11) is 0. The summed E-state index contributed by atoms with van der Waals surface area (Å²) in [5, 5.41) is 0. The van der Waals surface area contributed by atoms with Gasteiger partial charge in [0.1, 0.15) is 5.75 Å². The number of anilines is 1. The van der Waals surface area contributed by atoms with Gasteiger partial charge < -0.3 is 10.5 Å². The highest BCUT2D eigenvalue weighted by atomic mass is 16.5. The fourth-order valence-electron chi connectivity index (χ4n) is 0.777. The molecule has 0 fully saturated rings. The molecule has 1 aromatic rings. The quantitative estimate of drug-likeness (QED) is 0.509. The van der Waals surface area contributed by atoms with Crippen LogP contribution in [-0.2, 0) is 4.79 Å². The molecule has 0 atom stereocenters. The molecule has 0 aromatic heterocycles. The minimum absolute atomic E-state index is 0.394. The summed E-state index contributed by atoms with van der Waals surface area (Å²) in [6, 6.07) is 5.06. The Morgan fingerprint density at radius 1 is 1.55 bits per heavy atom. The predicted molar refractivity (Wildman–Crippen MR) is 42.3 cm³/mol. The van der Waals surface area contributed by atoms with Crippen LogP contribution in [0.15, 0.2) is 18.2 Å². The van der Waals surface area contributed by atoms with Gasteiger partial charge in [-0.2, -0.15) is 0 Å². The van der Waals surface area contributed by atoms with Crippen LogP contribution >= 0.6 is 0 Å². The van der Waals surface area contributed by atoms with Crippen molar-refractivity contribution in [2.24, 2.45) is 0 Å². The van der Waals surface area contributed by atoms with E-state index in [4.69, 9.17) is 5.73 Å². The molecule has 0 saturated heterocycles. The Morgan fingerprint density at radius 2 is 2.27 bits per heavy atom. The lowest BCUT2D eigenvalue weighted by atomic mass is 10.2. The summed E-state index contributed by atoms with van der Waals surface area (Å²) in [5.74, 6) is 0.520. The summed E-state index contributed by atoms with van der Waals surface area (Å²) >= 11 is 0. The first kappa shape index (κ1) is 7.60. The Labute approximate surface area is 64.8 Å². The Bertz CT molecular complexity index is 271. The molecule has 1 rings (SSSR count). The van der Waals surface area contributed by atoms with E-state index >= 15 is 0 Å². The second-order valence-corrected chi connectivity index (χ2v) is 2.23. The van der Waals surface area contributed by atoms with E-state index in [9.17, 15) is 4.79 Å². The van der Waals surface area contributed by atoms with E-state index in [0.29, 0.717) is 17.9 Å². The van der Waals surface area contributed by atoms with Crippen LogP contribution in [0.4, 0.5) is 5.69 Å². The third-order valence-corrected chi connectivity index (χ3v) is 1.43. The molecule has 0 unspecified atom stereocenters. The molecule has 0 saturated carbocycles. The van der Waals surface area contributed by atoms with Gasteiger partial charge in [0.15, 0.2) is 0 Å². The lowest BCUT2D eigenvalue weighted by Crippen LogP contribution is -1.92. The van der Waals surface area contributed by atoms with Crippen LogP contribution in [0.1, 0.15) is 5.56 Å². The van der Waals surface area contributed by atoms with Crippen LogP contribution in [0.2, 0.25) is 0 Å². The summed E-state index contributed by atoms with van der Waals surface area (Å²) in [6.07, 6.45) is 0. The summed E-state index contributed by atoms with van der Waals surface area (Å²) in [5.41, 5.74) is 7.15. The first-order valence-corrected chi connectivity index (χ1v) is 3.20. The summed E-state index contributed by atoms with van der Waals surface area (Å²) < 4.78 is 4.61. The SMILES string of the molecule is Cc1cc(OC=O)ccc1N. The monoisotopic (exact) mass is 151 g/mol. The summed E-state index contributed by atoms with van der Waals surface area (Å²) in [4.78, 5) is 9.92. The van der Waals surface area contributed by atoms with Gasteiger partial charge in [-0.05, 0) is 30.7 Å². The molecule has 11 heavy (non-hydrogen) atoms. The van der Waals surface area contributed by atoms with Crippen LogP contribution in [0.25, 0.3) is 0 Å². The van der Waals surface area contributed by atoms with Crippen molar-refractivity contribution in [3.63, 3.8) is 0 Å². The van der Waals surface area contributed by atoms with Crippen molar-refractivity contribution in [2.75, 3.05) is 5.73 Å². The molecule has 3 nitrogen and oxygen atoms in total. The molecule has 0 aliphatic heterocycles. The highest BCUT2D eigenvalue weighted by molar-refractivity contribution is 5.53.